The molecule has 0 bridgehead atoms. The predicted molar refractivity (Wildman–Crippen MR) is 97.3 cm³/mol. The average Bonchev–Trinajstić information content (AvgIpc) is 3.02. The zero-order valence-corrected chi connectivity index (χ0v) is 15.4. The highest BCUT2D eigenvalue weighted by atomic mass is 32.1. The third-order valence-electron chi connectivity index (χ3n) is 3.95. The highest BCUT2D eigenvalue weighted by Gasteiger charge is 2.20. The second kappa shape index (κ2) is 9.76. The third-order valence-corrected chi connectivity index (χ3v) is 4.88. The number of amides is 3. The monoisotopic (exact) mass is 352 g/mol. The zero-order chi connectivity index (χ0) is 17.4. The molecule has 1 fully saturated rings. The fourth-order valence-electron chi connectivity index (χ4n) is 2.81. The SMILES string of the molecule is CC(C)CN1CCN(CC(=O)NC(=O)NCCc2cccs2)CC1. The lowest BCUT2D eigenvalue weighted by atomic mass is 10.2. The van der Waals surface area contributed by atoms with Crippen LogP contribution >= 0.6 is 11.3 Å². The van der Waals surface area contributed by atoms with Gasteiger partial charge >= 0.3 is 6.03 Å². The fourth-order valence-corrected chi connectivity index (χ4v) is 3.52. The standard InChI is InChI=1S/C17H28N4O2S/c1-14(2)12-20-7-9-21(10-8-20)13-16(22)19-17(23)18-6-5-15-4-3-11-24-15/h3-4,11,14H,5-10,12-13H2,1-2H3,(H2,18,19,22,23). The minimum Gasteiger partial charge on any atom is -0.337 e. The maximum absolute atomic E-state index is 11.9. The van der Waals surface area contributed by atoms with Crippen LogP contribution in [-0.4, -0.2) is 67.6 Å². The number of carbonyl (C=O) groups excluding carboxylic acids is 2. The molecule has 0 radical (unpaired) electrons. The molecule has 24 heavy (non-hydrogen) atoms. The van der Waals surface area contributed by atoms with Crippen LogP contribution in [0.15, 0.2) is 17.5 Å². The number of nitrogens with zero attached hydrogens (tertiary/aromatic N) is 2. The molecule has 1 aromatic heterocycles. The first-order valence-electron chi connectivity index (χ1n) is 8.57. The van der Waals surface area contributed by atoms with Crippen LogP contribution in [0.3, 0.4) is 0 Å². The van der Waals surface area contributed by atoms with Crippen molar-refractivity contribution in [3.8, 4) is 0 Å². The van der Waals surface area contributed by atoms with Crippen LogP contribution in [0.4, 0.5) is 4.79 Å². The van der Waals surface area contributed by atoms with Crippen LogP contribution in [0.25, 0.3) is 0 Å². The van der Waals surface area contributed by atoms with Gasteiger partial charge in [0, 0.05) is 44.1 Å². The number of nitrogens with one attached hydrogen (secondary N) is 2. The summed E-state index contributed by atoms with van der Waals surface area (Å²) in [6.07, 6.45) is 0.789. The average molecular weight is 353 g/mol. The van der Waals surface area contributed by atoms with Gasteiger partial charge in [-0.15, -0.1) is 11.3 Å². The Balaban J connectivity index is 1.58. The summed E-state index contributed by atoms with van der Waals surface area (Å²) in [7, 11) is 0. The Morgan fingerprint density at radius 2 is 1.92 bits per heavy atom. The molecule has 2 N–H and O–H groups in total. The van der Waals surface area contributed by atoms with E-state index in [1.54, 1.807) is 11.3 Å². The Bertz CT molecular complexity index is 511. The molecule has 6 nitrogen and oxygen atoms in total. The van der Waals surface area contributed by atoms with E-state index in [0.29, 0.717) is 12.5 Å². The number of imide groups is 1. The molecule has 1 saturated heterocycles. The lowest BCUT2D eigenvalue weighted by molar-refractivity contribution is -0.121. The highest BCUT2D eigenvalue weighted by Crippen LogP contribution is 2.08. The van der Waals surface area contributed by atoms with Gasteiger partial charge in [-0.3, -0.25) is 15.0 Å². The van der Waals surface area contributed by atoms with Gasteiger partial charge in [0.1, 0.15) is 0 Å². The van der Waals surface area contributed by atoms with Gasteiger partial charge in [0.25, 0.3) is 0 Å². The Morgan fingerprint density at radius 3 is 2.54 bits per heavy atom. The van der Waals surface area contributed by atoms with Crippen LogP contribution in [0.1, 0.15) is 18.7 Å². The van der Waals surface area contributed by atoms with Crippen LogP contribution in [0.2, 0.25) is 0 Å². The van der Waals surface area contributed by atoms with E-state index in [9.17, 15) is 9.59 Å². The lowest BCUT2D eigenvalue weighted by Crippen LogP contribution is -2.51. The van der Waals surface area contributed by atoms with E-state index in [-0.39, 0.29) is 12.5 Å². The molecule has 134 valence electrons. The molecule has 2 heterocycles. The Morgan fingerprint density at radius 1 is 1.21 bits per heavy atom. The molecule has 3 amide bonds. The summed E-state index contributed by atoms with van der Waals surface area (Å²) in [6, 6.07) is 3.62. The minimum atomic E-state index is -0.407. The van der Waals surface area contributed by atoms with Gasteiger partial charge < -0.3 is 10.2 Å². The Kier molecular flexibility index (Phi) is 7.68. The van der Waals surface area contributed by atoms with E-state index in [1.165, 1.54) is 4.88 Å². The topological polar surface area (TPSA) is 64.7 Å². The smallest absolute Gasteiger partial charge is 0.321 e. The van der Waals surface area contributed by atoms with Crippen molar-refractivity contribution in [2.75, 3.05) is 45.8 Å². The molecule has 0 spiro atoms. The normalized spacial score (nSPS) is 16.3. The zero-order valence-electron chi connectivity index (χ0n) is 14.6. The van der Waals surface area contributed by atoms with Gasteiger partial charge in [-0.2, -0.15) is 0 Å². The first kappa shape index (κ1) is 18.9. The van der Waals surface area contributed by atoms with Crippen molar-refractivity contribution in [3.63, 3.8) is 0 Å². The summed E-state index contributed by atoms with van der Waals surface area (Å²) in [4.78, 5) is 29.4. The third kappa shape index (κ3) is 6.98. The molecule has 0 saturated carbocycles. The van der Waals surface area contributed by atoms with Crippen molar-refractivity contribution in [2.24, 2.45) is 5.92 Å². The largest absolute Gasteiger partial charge is 0.337 e. The molecular weight excluding hydrogens is 324 g/mol. The van der Waals surface area contributed by atoms with Crippen molar-refractivity contribution in [2.45, 2.75) is 20.3 Å². The molecule has 0 aliphatic carbocycles. The molecule has 0 atom stereocenters. The van der Waals surface area contributed by atoms with Gasteiger partial charge in [-0.25, -0.2) is 4.79 Å². The summed E-state index contributed by atoms with van der Waals surface area (Å²) in [5, 5.41) is 7.15. The number of urea groups is 1. The van der Waals surface area contributed by atoms with Crippen molar-refractivity contribution >= 4 is 23.3 Å². The quantitative estimate of drug-likeness (QED) is 0.778. The number of thiophene rings is 1. The number of carbonyl (C=O) groups is 2. The highest BCUT2D eigenvalue weighted by molar-refractivity contribution is 7.09. The Labute approximate surface area is 148 Å². The van der Waals surface area contributed by atoms with Crippen molar-refractivity contribution in [1.82, 2.24) is 20.4 Å². The van der Waals surface area contributed by atoms with Gasteiger partial charge in [-0.1, -0.05) is 19.9 Å². The van der Waals surface area contributed by atoms with E-state index >= 15 is 0 Å². The number of rotatable bonds is 7. The first-order chi connectivity index (χ1) is 11.5. The number of piperazine rings is 1. The summed E-state index contributed by atoms with van der Waals surface area (Å²) >= 11 is 1.67. The van der Waals surface area contributed by atoms with Gasteiger partial charge in [0.05, 0.1) is 6.54 Å². The maximum Gasteiger partial charge on any atom is 0.321 e. The molecule has 0 aromatic carbocycles. The predicted octanol–water partition coefficient (Wildman–Crippen LogP) is 1.39. The van der Waals surface area contributed by atoms with E-state index in [0.717, 1.165) is 39.1 Å². The van der Waals surface area contributed by atoms with E-state index in [2.05, 4.69) is 34.3 Å². The second-order valence-corrected chi connectivity index (χ2v) is 7.64. The second-order valence-electron chi connectivity index (χ2n) is 6.60. The first-order valence-corrected chi connectivity index (χ1v) is 9.45. The summed E-state index contributed by atoms with van der Waals surface area (Å²) in [6.45, 7) is 10.1. The van der Waals surface area contributed by atoms with Crippen LogP contribution in [0.5, 0.6) is 0 Å². The molecule has 1 aromatic rings. The molecule has 7 heteroatoms. The van der Waals surface area contributed by atoms with Crippen molar-refractivity contribution < 1.29 is 9.59 Å². The van der Waals surface area contributed by atoms with Gasteiger partial charge in [0.15, 0.2) is 0 Å². The van der Waals surface area contributed by atoms with Gasteiger partial charge in [-0.05, 0) is 23.8 Å². The molecule has 2 rings (SSSR count). The van der Waals surface area contributed by atoms with E-state index < -0.39 is 6.03 Å². The number of hydrogen-bond donors (Lipinski definition) is 2. The fraction of sp³-hybridized carbons (Fsp3) is 0.647. The van der Waals surface area contributed by atoms with Crippen molar-refractivity contribution in [1.29, 1.82) is 0 Å². The molecule has 1 aliphatic rings. The van der Waals surface area contributed by atoms with Gasteiger partial charge in [0.2, 0.25) is 5.91 Å². The van der Waals surface area contributed by atoms with Crippen molar-refractivity contribution in [3.05, 3.63) is 22.4 Å². The van der Waals surface area contributed by atoms with Crippen LogP contribution in [0, 0.1) is 5.92 Å². The maximum atomic E-state index is 11.9. The Hall–Kier alpha value is -1.44. The summed E-state index contributed by atoms with van der Waals surface area (Å²) in [5.41, 5.74) is 0. The van der Waals surface area contributed by atoms with E-state index in [4.69, 9.17) is 0 Å². The molecule has 0 unspecified atom stereocenters. The number of hydrogen-bond acceptors (Lipinski definition) is 5. The molecular formula is C17H28N4O2S. The minimum absolute atomic E-state index is 0.235. The molecule has 1 aliphatic heterocycles. The lowest BCUT2D eigenvalue weighted by Gasteiger charge is -2.35. The van der Waals surface area contributed by atoms with Crippen LogP contribution in [-0.2, 0) is 11.2 Å². The van der Waals surface area contributed by atoms with E-state index in [1.807, 2.05) is 17.5 Å². The van der Waals surface area contributed by atoms with Crippen LogP contribution < -0.4 is 10.6 Å². The summed E-state index contributed by atoms with van der Waals surface area (Å²) in [5.74, 6) is 0.429. The summed E-state index contributed by atoms with van der Waals surface area (Å²) < 4.78 is 0.